The fourth-order valence-electron chi connectivity index (χ4n) is 2.42. The molecule has 0 aliphatic carbocycles. The summed E-state index contributed by atoms with van der Waals surface area (Å²) in [6.45, 7) is 2.08. The van der Waals surface area contributed by atoms with E-state index in [0.717, 1.165) is 41.8 Å². The molecule has 0 saturated carbocycles. The molecule has 1 N–H and O–H groups in total. The lowest BCUT2D eigenvalue weighted by molar-refractivity contribution is -0.129. The second-order valence-corrected chi connectivity index (χ2v) is 5.91. The number of anilines is 1. The number of carbonyl (C=O) groups is 1. The lowest BCUT2D eigenvalue weighted by Crippen LogP contribution is -2.36. The predicted molar refractivity (Wildman–Crippen MR) is 84.2 cm³/mol. The van der Waals surface area contributed by atoms with Crippen LogP contribution >= 0.6 is 15.9 Å². The van der Waals surface area contributed by atoms with Gasteiger partial charge in [0.2, 0.25) is 5.91 Å². The number of nitrogens with zero attached hydrogens (tertiary/aromatic N) is 1. The third-order valence-corrected chi connectivity index (χ3v) is 4.04. The maximum Gasteiger partial charge on any atom is 0.241 e. The Morgan fingerprint density at radius 3 is 2.65 bits per heavy atom. The number of rotatable bonds is 4. The van der Waals surface area contributed by atoms with Gasteiger partial charge >= 0.3 is 0 Å². The zero-order valence-corrected chi connectivity index (χ0v) is 13.4. The van der Waals surface area contributed by atoms with E-state index in [9.17, 15) is 4.79 Å². The van der Waals surface area contributed by atoms with Crippen LogP contribution in [0.4, 0.5) is 5.69 Å². The minimum Gasteiger partial charge on any atom is -0.495 e. The summed E-state index contributed by atoms with van der Waals surface area (Å²) in [5.41, 5.74) is 0.838. The number of methoxy groups -OCH3 is 1. The van der Waals surface area contributed by atoms with Crippen LogP contribution < -0.4 is 10.1 Å². The van der Waals surface area contributed by atoms with Crippen molar-refractivity contribution in [3.63, 3.8) is 0 Å². The Balaban J connectivity index is 1.93. The van der Waals surface area contributed by atoms with Gasteiger partial charge in [-0.2, -0.15) is 0 Å². The van der Waals surface area contributed by atoms with Crippen molar-refractivity contribution in [3.8, 4) is 5.75 Å². The zero-order chi connectivity index (χ0) is 14.4. The van der Waals surface area contributed by atoms with Crippen LogP contribution in [0.25, 0.3) is 0 Å². The average molecular weight is 341 g/mol. The molecule has 0 atom stereocenters. The summed E-state index contributed by atoms with van der Waals surface area (Å²) in [4.78, 5) is 14.2. The molecule has 5 heteroatoms. The molecule has 4 nitrogen and oxygen atoms in total. The van der Waals surface area contributed by atoms with Gasteiger partial charge in [-0.05, 0) is 31.0 Å². The van der Waals surface area contributed by atoms with Gasteiger partial charge in [0.25, 0.3) is 0 Å². The van der Waals surface area contributed by atoms with Gasteiger partial charge in [-0.15, -0.1) is 0 Å². The molecule has 1 heterocycles. The van der Waals surface area contributed by atoms with E-state index < -0.39 is 0 Å². The fourth-order valence-corrected chi connectivity index (χ4v) is 2.78. The number of hydrogen-bond donors (Lipinski definition) is 1. The monoisotopic (exact) mass is 340 g/mol. The highest BCUT2D eigenvalue weighted by Gasteiger charge is 2.15. The first-order valence-electron chi connectivity index (χ1n) is 7.06. The summed E-state index contributed by atoms with van der Waals surface area (Å²) in [5, 5.41) is 3.18. The molecule has 2 rings (SSSR count). The van der Waals surface area contributed by atoms with E-state index >= 15 is 0 Å². The minimum absolute atomic E-state index is 0.161. The standard InChI is InChI=1S/C15H21BrN2O2/c1-20-14-7-6-12(16)10-13(14)17-11-15(19)18-8-4-2-3-5-9-18/h6-7,10,17H,2-5,8-9,11H2,1H3. The smallest absolute Gasteiger partial charge is 0.241 e. The maximum absolute atomic E-state index is 12.2. The van der Waals surface area contributed by atoms with Gasteiger partial charge in [0.15, 0.2) is 0 Å². The van der Waals surface area contributed by atoms with Gasteiger partial charge in [0.05, 0.1) is 19.3 Å². The van der Waals surface area contributed by atoms with Crippen molar-refractivity contribution >= 4 is 27.5 Å². The quantitative estimate of drug-likeness (QED) is 0.914. The Labute approximate surface area is 128 Å². The summed E-state index contributed by atoms with van der Waals surface area (Å²) in [6.07, 6.45) is 4.70. The molecule has 1 amide bonds. The molecule has 1 aromatic carbocycles. The Bertz CT molecular complexity index is 457. The fraction of sp³-hybridized carbons (Fsp3) is 0.533. The second kappa shape index (κ2) is 7.53. The number of amides is 1. The van der Waals surface area contributed by atoms with E-state index in [-0.39, 0.29) is 5.91 Å². The van der Waals surface area contributed by atoms with Gasteiger partial charge in [-0.1, -0.05) is 28.8 Å². The first-order valence-corrected chi connectivity index (χ1v) is 7.85. The van der Waals surface area contributed by atoms with Crippen molar-refractivity contribution in [1.82, 2.24) is 4.90 Å². The van der Waals surface area contributed by atoms with Crippen LogP contribution in [0.1, 0.15) is 25.7 Å². The zero-order valence-electron chi connectivity index (χ0n) is 11.8. The summed E-state index contributed by atoms with van der Waals surface area (Å²) in [7, 11) is 1.63. The summed E-state index contributed by atoms with van der Waals surface area (Å²) in [6, 6.07) is 5.72. The Hall–Kier alpha value is -1.23. The van der Waals surface area contributed by atoms with E-state index in [1.165, 1.54) is 12.8 Å². The third-order valence-electron chi connectivity index (χ3n) is 3.55. The molecule has 110 valence electrons. The topological polar surface area (TPSA) is 41.6 Å². The first kappa shape index (κ1) is 15.2. The second-order valence-electron chi connectivity index (χ2n) is 4.99. The summed E-state index contributed by atoms with van der Waals surface area (Å²) in [5.74, 6) is 0.908. The van der Waals surface area contributed by atoms with Gasteiger partial charge < -0.3 is 15.0 Å². The molecule has 1 aliphatic heterocycles. The van der Waals surface area contributed by atoms with E-state index in [1.807, 2.05) is 23.1 Å². The van der Waals surface area contributed by atoms with Crippen molar-refractivity contribution in [2.75, 3.05) is 32.1 Å². The van der Waals surface area contributed by atoms with Crippen LogP contribution in [0.3, 0.4) is 0 Å². The number of ether oxygens (including phenoxy) is 1. The van der Waals surface area contributed by atoms with Crippen molar-refractivity contribution in [3.05, 3.63) is 22.7 Å². The summed E-state index contributed by atoms with van der Waals surface area (Å²) >= 11 is 3.43. The molecule has 1 fully saturated rings. The summed E-state index contributed by atoms with van der Waals surface area (Å²) < 4.78 is 6.25. The van der Waals surface area contributed by atoms with E-state index in [1.54, 1.807) is 7.11 Å². The molecular weight excluding hydrogens is 320 g/mol. The van der Waals surface area contributed by atoms with Crippen LogP contribution in [0.5, 0.6) is 5.75 Å². The number of likely N-dealkylation sites (tertiary alicyclic amines) is 1. The van der Waals surface area contributed by atoms with Crippen LogP contribution in [0.15, 0.2) is 22.7 Å². The molecule has 1 aliphatic rings. The molecule has 0 bridgehead atoms. The SMILES string of the molecule is COc1ccc(Br)cc1NCC(=O)N1CCCCCC1. The number of nitrogens with one attached hydrogen (secondary N) is 1. The van der Waals surface area contributed by atoms with E-state index in [2.05, 4.69) is 21.2 Å². The highest BCUT2D eigenvalue weighted by Crippen LogP contribution is 2.27. The van der Waals surface area contributed by atoms with Crippen molar-refractivity contribution in [2.24, 2.45) is 0 Å². The molecule has 0 radical (unpaired) electrons. The molecule has 0 spiro atoms. The normalized spacial score (nSPS) is 15.6. The first-order chi connectivity index (χ1) is 9.70. The number of carbonyl (C=O) groups excluding carboxylic acids is 1. The van der Waals surface area contributed by atoms with Gasteiger partial charge in [0, 0.05) is 17.6 Å². The van der Waals surface area contributed by atoms with Crippen molar-refractivity contribution < 1.29 is 9.53 Å². The van der Waals surface area contributed by atoms with Crippen molar-refractivity contribution in [1.29, 1.82) is 0 Å². The number of halogens is 1. The molecule has 0 unspecified atom stereocenters. The minimum atomic E-state index is 0.161. The van der Waals surface area contributed by atoms with E-state index in [0.29, 0.717) is 6.54 Å². The lowest BCUT2D eigenvalue weighted by atomic mass is 10.2. The predicted octanol–water partition coefficient (Wildman–Crippen LogP) is 3.27. The molecule has 1 aromatic rings. The molecule has 1 saturated heterocycles. The van der Waals surface area contributed by atoms with Crippen LogP contribution in [-0.4, -0.2) is 37.6 Å². The highest BCUT2D eigenvalue weighted by atomic mass is 79.9. The highest BCUT2D eigenvalue weighted by molar-refractivity contribution is 9.10. The van der Waals surface area contributed by atoms with Gasteiger partial charge in [0.1, 0.15) is 5.75 Å². The lowest BCUT2D eigenvalue weighted by Gasteiger charge is -2.21. The molecule has 0 aromatic heterocycles. The van der Waals surface area contributed by atoms with Gasteiger partial charge in [-0.25, -0.2) is 0 Å². The molecular formula is C15H21BrN2O2. The van der Waals surface area contributed by atoms with Crippen LogP contribution in [0, 0.1) is 0 Å². The maximum atomic E-state index is 12.2. The van der Waals surface area contributed by atoms with Crippen LogP contribution in [-0.2, 0) is 4.79 Å². The molecule has 20 heavy (non-hydrogen) atoms. The Morgan fingerprint density at radius 2 is 2.00 bits per heavy atom. The number of benzene rings is 1. The largest absolute Gasteiger partial charge is 0.495 e. The number of hydrogen-bond acceptors (Lipinski definition) is 3. The third kappa shape index (κ3) is 4.13. The average Bonchev–Trinajstić information content (AvgIpc) is 2.74. The van der Waals surface area contributed by atoms with Crippen molar-refractivity contribution in [2.45, 2.75) is 25.7 Å². The Morgan fingerprint density at radius 1 is 1.30 bits per heavy atom. The Kier molecular flexibility index (Phi) is 5.71. The van der Waals surface area contributed by atoms with E-state index in [4.69, 9.17) is 4.74 Å². The van der Waals surface area contributed by atoms with Gasteiger partial charge in [-0.3, -0.25) is 4.79 Å². The van der Waals surface area contributed by atoms with Crippen LogP contribution in [0.2, 0.25) is 0 Å².